The molecule has 1 aromatic carbocycles. The van der Waals surface area contributed by atoms with Crippen LogP contribution in [0.5, 0.6) is 0 Å². The quantitative estimate of drug-likeness (QED) is 0.583. The van der Waals surface area contributed by atoms with E-state index in [1.807, 2.05) is 30.3 Å². The Morgan fingerprint density at radius 2 is 1.09 bits per heavy atom. The molecule has 0 aliphatic carbocycles. The molecule has 0 saturated heterocycles. The second kappa shape index (κ2) is 8.18. The molecule has 0 aliphatic heterocycles. The highest BCUT2D eigenvalue weighted by molar-refractivity contribution is 6.48. The van der Waals surface area contributed by atoms with Crippen molar-refractivity contribution in [3.8, 4) is 11.4 Å². The molecule has 0 spiro atoms. The van der Waals surface area contributed by atoms with E-state index in [1.54, 1.807) is 0 Å². The van der Waals surface area contributed by atoms with Crippen LogP contribution in [0.4, 0.5) is 0 Å². The normalized spacial score (nSPS) is 14.4. The highest BCUT2D eigenvalue weighted by atomic mass is 35.5. The summed E-state index contributed by atoms with van der Waals surface area (Å²) >= 11 is 35.5. The first kappa shape index (κ1) is 18.3. The zero-order chi connectivity index (χ0) is 16.3. The highest BCUT2D eigenvalue weighted by Gasteiger charge is 2.26. The molecule has 3 nitrogen and oxygen atoms in total. The summed E-state index contributed by atoms with van der Waals surface area (Å²) in [5.41, 5.74) is 0.765. The van der Waals surface area contributed by atoms with Gasteiger partial charge in [0.2, 0.25) is 0 Å². The summed E-state index contributed by atoms with van der Waals surface area (Å²) in [7, 11) is 0. The molecule has 1 aromatic heterocycles. The number of halogens is 6. The zero-order valence-corrected chi connectivity index (χ0v) is 15.3. The molecule has 9 heteroatoms. The predicted octanol–water partition coefficient (Wildman–Crippen LogP) is 5.71. The van der Waals surface area contributed by atoms with Gasteiger partial charge in [-0.1, -0.05) is 30.3 Å². The van der Waals surface area contributed by atoms with Crippen molar-refractivity contribution < 1.29 is 0 Å². The Hall–Kier alpha value is -0.0300. The number of alkyl halides is 6. The van der Waals surface area contributed by atoms with Gasteiger partial charge in [-0.05, 0) is 0 Å². The molecule has 2 unspecified atom stereocenters. The summed E-state index contributed by atoms with van der Waals surface area (Å²) in [6.07, 6.45) is 0. The van der Waals surface area contributed by atoms with Gasteiger partial charge in [-0.3, -0.25) is 0 Å². The van der Waals surface area contributed by atoms with Crippen LogP contribution in [0.15, 0.2) is 30.3 Å². The van der Waals surface area contributed by atoms with Gasteiger partial charge < -0.3 is 0 Å². The van der Waals surface area contributed by atoms with Gasteiger partial charge in [0.15, 0.2) is 17.5 Å². The van der Waals surface area contributed by atoms with E-state index in [9.17, 15) is 0 Å². The van der Waals surface area contributed by atoms with Crippen molar-refractivity contribution in [2.24, 2.45) is 0 Å². The van der Waals surface area contributed by atoms with Gasteiger partial charge >= 0.3 is 0 Å². The van der Waals surface area contributed by atoms with Crippen molar-refractivity contribution >= 4 is 69.6 Å². The molecule has 0 fully saturated rings. The molecule has 0 bridgehead atoms. The Morgan fingerprint density at radius 3 is 1.50 bits per heavy atom. The van der Waals surface area contributed by atoms with Gasteiger partial charge in [0, 0.05) is 5.56 Å². The van der Waals surface area contributed by atoms with Crippen LogP contribution in [0.2, 0.25) is 0 Å². The first-order chi connectivity index (χ1) is 10.4. The molecule has 1 heterocycles. The van der Waals surface area contributed by atoms with Crippen molar-refractivity contribution in [3.63, 3.8) is 0 Å². The van der Waals surface area contributed by atoms with E-state index in [4.69, 9.17) is 69.6 Å². The molecular weight excluding hydrogens is 411 g/mol. The number of benzene rings is 1. The molecule has 0 aliphatic rings. The summed E-state index contributed by atoms with van der Waals surface area (Å²) < 4.78 is 0. The van der Waals surface area contributed by atoms with Gasteiger partial charge in [0.25, 0.3) is 0 Å². The number of aromatic nitrogens is 3. The van der Waals surface area contributed by atoms with Crippen LogP contribution in [0, 0.1) is 0 Å². The van der Waals surface area contributed by atoms with E-state index in [0.717, 1.165) is 5.56 Å². The molecule has 0 saturated carbocycles. The van der Waals surface area contributed by atoms with Crippen molar-refractivity contribution in [1.29, 1.82) is 0 Å². The summed E-state index contributed by atoms with van der Waals surface area (Å²) in [5, 5.41) is -1.64. The average Bonchev–Trinajstić information content (AvgIpc) is 2.53. The second-order valence-electron chi connectivity index (χ2n) is 4.21. The maximum absolute atomic E-state index is 6.13. The van der Waals surface area contributed by atoms with Gasteiger partial charge in [-0.2, -0.15) is 0 Å². The maximum atomic E-state index is 6.13. The van der Waals surface area contributed by atoms with Crippen LogP contribution < -0.4 is 0 Å². The third-order valence-corrected chi connectivity index (χ3v) is 5.06. The minimum atomic E-state index is -0.892. The maximum Gasteiger partial charge on any atom is 0.163 e. The smallest absolute Gasteiger partial charge is 0.163 e. The van der Waals surface area contributed by atoms with Gasteiger partial charge in [-0.15, -0.1) is 69.6 Å². The van der Waals surface area contributed by atoms with E-state index in [0.29, 0.717) is 5.82 Å². The SMILES string of the molecule is ClC(Cl)C(Cl)c1nc(-c2ccccc2)nc(C(Cl)C(Cl)Cl)n1. The fourth-order valence-corrected chi connectivity index (χ4v) is 2.24. The minimum absolute atomic E-state index is 0.208. The fraction of sp³-hybridized carbons (Fsp3) is 0.308. The van der Waals surface area contributed by atoms with E-state index >= 15 is 0 Å². The minimum Gasteiger partial charge on any atom is -0.215 e. The average molecular weight is 420 g/mol. The van der Waals surface area contributed by atoms with Crippen molar-refractivity contribution in [1.82, 2.24) is 15.0 Å². The third-order valence-electron chi connectivity index (χ3n) is 2.64. The van der Waals surface area contributed by atoms with E-state index in [1.165, 1.54) is 0 Å². The molecule has 2 aromatic rings. The van der Waals surface area contributed by atoms with Crippen LogP contribution in [-0.2, 0) is 0 Å². The Balaban J connectivity index is 2.54. The first-order valence-corrected chi connectivity index (χ1v) is 8.67. The van der Waals surface area contributed by atoms with Crippen LogP contribution in [0.3, 0.4) is 0 Å². The van der Waals surface area contributed by atoms with E-state index in [2.05, 4.69) is 15.0 Å². The van der Waals surface area contributed by atoms with Crippen molar-refractivity contribution in [2.45, 2.75) is 20.4 Å². The summed E-state index contributed by atoms with van der Waals surface area (Å²) in [6, 6.07) is 9.27. The second-order valence-corrected chi connectivity index (χ2v) is 7.48. The molecule has 0 radical (unpaired) electrons. The van der Waals surface area contributed by atoms with Gasteiger partial charge in [0.1, 0.15) is 20.4 Å². The van der Waals surface area contributed by atoms with Gasteiger partial charge in [0.05, 0.1) is 0 Å². The van der Waals surface area contributed by atoms with Gasteiger partial charge in [-0.25, -0.2) is 15.0 Å². The zero-order valence-electron chi connectivity index (χ0n) is 10.8. The summed E-state index contributed by atoms with van der Waals surface area (Å²) in [4.78, 5) is 11.0. The number of nitrogens with zero attached hydrogens (tertiary/aromatic N) is 3. The Labute approximate surface area is 157 Å². The molecule has 0 N–H and O–H groups in total. The van der Waals surface area contributed by atoms with Crippen LogP contribution >= 0.6 is 69.6 Å². The predicted molar refractivity (Wildman–Crippen MR) is 93.4 cm³/mol. The number of hydrogen-bond donors (Lipinski definition) is 0. The number of hydrogen-bond acceptors (Lipinski definition) is 3. The first-order valence-electron chi connectivity index (χ1n) is 6.06. The van der Waals surface area contributed by atoms with Crippen LogP contribution in [-0.4, -0.2) is 24.6 Å². The molecule has 118 valence electrons. The lowest BCUT2D eigenvalue weighted by atomic mass is 10.2. The standard InChI is InChI=1S/C13H9Cl6N3/c14-7(9(16)17)12-20-11(6-4-2-1-3-5-6)21-13(22-12)8(15)10(18)19/h1-5,7-10H. The highest BCUT2D eigenvalue weighted by Crippen LogP contribution is 2.33. The van der Waals surface area contributed by atoms with E-state index in [-0.39, 0.29) is 11.6 Å². The third kappa shape index (κ3) is 4.50. The van der Waals surface area contributed by atoms with E-state index < -0.39 is 20.4 Å². The molecule has 2 atom stereocenters. The lowest BCUT2D eigenvalue weighted by Crippen LogP contribution is -2.14. The Morgan fingerprint density at radius 1 is 0.636 bits per heavy atom. The van der Waals surface area contributed by atoms with Crippen molar-refractivity contribution in [2.75, 3.05) is 0 Å². The monoisotopic (exact) mass is 417 g/mol. The largest absolute Gasteiger partial charge is 0.215 e. The summed E-state index contributed by atoms with van der Waals surface area (Å²) in [5.74, 6) is 0.806. The van der Waals surface area contributed by atoms with Crippen LogP contribution in [0.25, 0.3) is 11.4 Å². The van der Waals surface area contributed by atoms with Crippen molar-refractivity contribution in [3.05, 3.63) is 42.0 Å². The van der Waals surface area contributed by atoms with Crippen LogP contribution in [0.1, 0.15) is 22.4 Å². The number of rotatable bonds is 5. The lowest BCUT2D eigenvalue weighted by molar-refractivity contribution is 0.790. The Bertz CT molecular complexity index is 590. The molecule has 22 heavy (non-hydrogen) atoms. The lowest BCUT2D eigenvalue weighted by Gasteiger charge is -2.14. The topological polar surface area (TPSA) is 38.7 Å². The summed E-state index contributed by atoms with van der Waals surface area (Å²) in [6.45, 7) is 0. The molecule has 2 rings (SSSR count). The fourth-order valence-electron chi connectivity index (χ4n) is 1.60. The molecular formula is C13H9Cl6N3. The Kier molecular flexibility index (Phi) is 6.81. The molecule has 0 amide bonds.